The monoisotopic (exact) mass is 389 g/mol. The summed E-state index contributed by atoms with van der Waals surface area (Å²) in [6.45, 7) is 3.41. The molecule has 0 radical (unpaired) electrons. The van der Waals surface area contributed by atoms with Crippen LogP contribution in [0.1, 0.15) is 18.2 Å². The number of furan rings is 1. The van der Waals surface area contributed by atoms with Gasteiger partial charge in [-0.05, 0) is 36.8 Å². The lowest BCUT2D eigenvalue weighted by molar-refractivity contribution is -0.139. The van der Waals surface area contributed by atoms with Crippen molar-refractivity contribution in [2.45, 2.75) is 20.4 Å². The van der Waals surface area contributed by atoms with Crippen molar-refractivity contribution < 1.29 is 18.8 Å². The minimum Gasteiger partial charge on any atom is -0.467 e. The maximum atomic E-state index is 12.7. The first-order valence-electron chi connectivity index (χ1n) is 8.48. The minimum atomic E-state index is -0.299. The molecule has 1 aliphatic heterocycles. The number of anilines is 1. The summed E-state index contributed by atoms with van der Waals surface area (Å²) in [5, 5.41) is 0.561. The lowest BCUT2D eigenvalue weighted by Gasteiger charge is -2.24. The molecule has 0 N–H and O–H groups in total. The standard InChI is InChI=1S/C19H20ClN3O4/c1-13-16(20)6-3-7-17(13)23-12-22(11-19(23)26)18(25)10-21(14(2)24)9-15-5-4-8-27-15/h3-8H,9-12H2,1-2H3. The molecule has 27 heavy (non-hydrogen) atoms. The highest BCUT2D eigenvalue weighted by Crippen LogP contribution is 2.28. The van der Waals surface area contributed by atoms with E-state index in [-0.39, 0.29) is 44.0 Å². The third-order valence-corrected chi connectivity index (χ3v) is 4.93. The van der Waals surface area contributed by atoms with E-state index >= 15 is 0 Å². The molecule has 1 saturated heterocycles. The van der Waals surface area contributed by atoms with Gasteiger partial charge in [-0.2, -0.15) is 0 Å². The maximum absolute atomic E-state index is 12.7. The predicted octanol–water partition coefficient (Wildman–Crippen LogP) is 2.42. The van der Waals surface area contributed by atoms with Gasteiger partial charge >= 0.3 is 0 Å². The zero-order chi connectivity index (χ0) is 19.6. The summed E-state index contributed by atoms with van der Waals surface area (Å²) in [7, 11) is 0. The molecule has 0 aliphatic carbocycles. The number of hydrogen-bond acceptors (Lipinski definition) is 4. The van der Waals surface area contributed by atoms with Gasteiger partial charge in [-0.1, -0.05) is 17.7 Å². The van der Waals surface area contributed by atoms with Crippen LogP contribution in [-0.2, 0) is 20.9 Å². The zero-order valence-corrected chi connectivity index (χ0v) is 15.9. The lowest BCUT2D eigenvalue weighted by atomic mass is 10.2. The van der Waals surface area contributed by atoms with Gasteiger partial charge < -0.3 is 14.2 Å². The summed E-state index contributed by atoms with van der Waals surface area (Å²) in [4.78, 5) is 41.3. The van der Waals surface area contributed by atoms with Crippen LogP contribution in [-0.4, -0.2) is 47.3 Å². The van der Waals surface area contributed by atoms with E-state index in [4.69, 9.17) is 16.0 Å². The number of hydrogen-bond donors (Lipinski definition) is 0. The molecule has 1 aliphatic rings. The Bertz CT molecular complexity index is 866. The predicted molar refractivity (Wildman–Crippen MR) is 100 cm³/mol. The van der Waals surface area contributed by atoms with Crippen LogP contribution in [0.5, 0.6) is 0 Å². The molecule has 0 spiro atoms. The number of amides is 3. The fourth-order valence-electron chi connectivity index (χ4n) is 2.95. The second-order valence-corrected chi connectivity index (χ2v) is 6.80. The Morgan fingerprint density at radius 3 is 2.70 bits per heavy atom. The average molecular weight is 390 g/mol. The van der Waals surface area contributed by atoms with Crippen LogP contribution in [0.15, 0.2) is 41.0 Å². The van der Waals surface area contributed by atoms with Crippen LogP contribution in [0.3, 0.4) is 0 Å². The molecule has 142 valence electrons. The van der Waals surface area contributed by atoms with Crippen molar-refractivity contribution in [3.8, 4) is 0 Å². The number of halogens is 1. The van der Waals surface area contributed by atoms with Gasteiger partial charge in [0.2, 0.25) is 17.7 Å². The van der Waals surface area contributed by atoms with Gasteiger partial charge in [-0.25, -0.2) is 0 Å². The van der Waals surface area contributed by atoms with Crippen LogP contribution in [0.2, 0.25) is 5.02 Å². The fraction of sp³-hybridized carbons (Fsp3) is 0.316. The quantitative estimate of drug-likeness (QED) is 0.787. The van der Waals surface area contributed by atoms with E-state index in [0.717, 1.165) is 5.56 Å². The summed E-state index contributed by atoms with van der Waals surface area (Å²) in [5.41, 5.74) is 1.46. The van der Waals surface area contributed by atoms with Crippen molar-refractivity contribution in [3.05, 3.63) is 52.9 Å². The van der Waals surface area contributed by atoms with E-state index in [1.807, 2.05) is 6.92 Å². The first-order valence-corrected chi connectivity index (χ1v) is 8.85. The molecule has 1 aromatic carbocycles. The van der Waals surface area contributed by atoms with Crippen molar-refractivity contribution in [1.29, 1.82) is 0 Å². The highest BCUT2D eigenvalue weighted by Gasteiger charge is 2.33. The Morgan fingerprint density at radius 1 is 1.26 bits per heavy atom. The van der Waals surface area contributed by atoms with Crippen LogP contribution < -0.4 is 4.90 Å². The summed E-state index contributed by atoms with van der Waals surface area (Å²) < 4.78 is 5.24. The third kappa shape index (κ3) is 4.14. The van der Waals surface area contributed by atoms with Crippen LogP contribution in [0.25, 0.3) is 0 Å². The molecule has 0 bridgehead atoms. The second-order valence-electron chi connectivity index (χ2n) is 6.39. The van der Waals surface area contributed by atoms with Crippen molar-refractivity contribution in [1.82, 2.24) is 9.80 Å². The van der Waals surface area contributed by atoms with Gasteiger partial charge in [0.15, 0.2) is 0 Å². The summed E-state index contributed by atoms with van der Waals surface area (Å²) in [6, 6.07) is 8.78. The van der Waals surface area contributed by atoms with Crippen LogP contribution in [0, 0.1) is 6.92 Å². The SMILES string of the molecule is CC(=O)N(CC(=O)N1CC(=O)N(c2cccc(Cl)c2C)C1)Cc1ccco1. The van der Waals surface area contributed by atoms with Crippen LogP contribution >= 0.6 is 11.6 Å². The van der Waals surface area contributed by atoms with Crippen LogP contribution in [0.4, 0.5) is 5.69 Å². The van der Waals surface area contributed by atoms with E-state index in [1.54, 1.807) is 30.3 Å². The van der Waals surface area contributed by atoms with E-state index in [2.05, 4.69) is 0 Å². The molecule has 7 nitrogen and oxygen atoms in total. The number of carbonyl (C=O) groups is 3. The van der Waals surface area contributed by atoms with E-state index in [0.29, 0.717) is 16.5 Å². The first-order chi connectivity index (χ1) is 12.9. The summed E-state index contributed by atoms with van der Waals surface area (Å²) in [6.07, 6.45) is 1.51. The lowest BCUT2D eigenvalue weighted by Crippen LogP contribution is -2.41. The van der Waals surface area contributed by atoms with Crippen molar-refractivity contribution in [2.75, 3.05) is 24.7 Å². The third-order valence-electron chi connectivity index (χ3n) is 4.52. The number of rotatable bonds is 5. The average Bonchev–Trinajstić information content (AvgIpc) is 3.26. The highest BCUT2D eigenvalue weighted by atomic mass is 35.5. The molecule has 1 aromatic heterocycles. The molecular weight excluding hydrogens is 370 g/mol. The Hall–Kier alpha value is -2.80. The van der Waals surface area contributed by atoms with Gasteiger partial charge in [0.05, 0.1) is 12.8 Å². The normalized spacial score (nSPS) is 14.0. The highest BCUT2D eigenvalue weighted by molar-refractivity contribution is 6.31. The van der Waals surface area contributed by atoms with Gasteiger partial charge in [0.25, 0.3) is 0 Å². The van der Waals surface area contributed by atoms with Crippen molar-refractivity contribution >= 4 is 35.0 Å². The molecule has 0 unspecified atom stereocenters. The van der Waals surface area contributed by atoms with E-state index < -0.39 is 0 Å². The van der Waals surface area contributed by atoms with Crippen molar-refractivity contribution in [2.24, 2.45) is 0 Å². The number of benzene rings is 1. The Morgan fingerprint density at radius 2 is 2.04 bits per heavy atom. The molecule has 2 heterocycles. The second kappa shape index (κ2) is 7.84. The molecule has 3 amide bonds. The molecule has 2 aromatic rings. The molecule has 0 atom stereocenters. The number of nitrogens with zero attached hydrogens (tertiary/aromatic N) is 3. The summed E-state index contributed by atoms with van der Waals surface area (Å²) in [5.74, 6) is -0.138. The van der Waals surface area contributed by atoms with Gasteiger partial charge in [0, 0.05) is 17.6 Å². The maximum Gasteiger partial charge on any atom is 0.248 e. The van der Waals surface area contributed by atoms with E-state index in [9.17, 15) is 14.4 Å². The minimum absolute atomic E-state index is 0.0305. The van der Waals surface area contributed by atoms with Crippen molar-refractivity contribution in [3.63, 3.8) is 0 Å². The van der Waals surface area contributed by atoms with Gasteiger partial charge in [-0.3, -0.25) is 19.3 Å². The van der Waals surface area contributed by atoms with E-state index in [1.165, 1.54) is 27.9 Å². The smallest absolute Gasteiger partial charge is 0.248 e. The largest absolute Gasteiger partial charge is 0.467 e. The molecule has 0 saturated carbocycles. The topological polar surface area (TPSA) is 74.1 Å². The Labute approximate surface area is 162 Å². The van der Waals surface area contributed by atoms with Gasteiger partial charge in [-0.15, -0.1) is 0 Å². The zero-order valence-electron chi connectivity index (χ0n) is 15.1. The molecule has 1 fully saturated rings. The van der Waals surface area contributed by atoms with Gasteiger partial charge in [0.1, 0.15) is 25.5 Å². The Balaban J connectivity index is 1.69. The molecule has 8 heteroatoms. The first kappa shape index (κ1) is 19.0. The Kier molecular flexibility index (Phi) is 5.51. The summed E-state index contributed by atoms with van der Waals surface area (Å²) >= 11 is 6.14. The fourth-order valence-corrected chi connectivity index (χ4v) is 3.12. The number of carbonyl (C=O) groups excluding carboxylic acids is 3. The molecule has 3 rings (SSSR count). The molecular formula is C19H20ClN3O4.